The fourth-order valence-corrected chi connectivity index (χ4v) is 4.14. The van der Waals surface area contributed by atoms with Crippen LogP contribution in [-0.4, -0.2) is 42.9 Å². The first kappa shape index (κ1) is 16.7. The van der Waals surface area contributed by atoms with Gasteiger partial charge in [-0.1, -0.05) is 6.92 Å². The number of nitrogens with zero attached hydrogens (tertiary/aromatic N) is 2. The van der Waals surface area contributed by atoms with Crippen LogP contribution in [0.15, 0.2) is 32.3 Å². The van der Waals surface area contributed by atoms with Gasteiger partial charge in [-0.25, -0.2) is 17.9 Å². The molecule has 0 saturated carbocycles. The van der Waals surface area contributed by atoms with Gasteiger partial charge in [0.05, 0.1) is 10.4 Å². The molecule has 24 heavy (non-hydrogen) atoms. The van der Waals surface area contributed by atoms with Crippen molar-refractivity contribution in [2.75, 3.05) is 13.1 Å². The Morgan fingerprint density at radius 2 is 2.08 bits per heavy atom. The number of aryl methyl sites for hydroxylation is 1. The molecule has 0 radical (unpaired) electrons. The maximum Gasteiger partial charge on any atom is 0.419 e. The molecule has 0 spiro atoms. The Kier molecular flexibility index (Phi) is 4.22. The number of hydrogen-bond acceptors (Lipinski definition) is 5. The van der Waals surface area contributed by atoms with Gasteiger partial charge in [0.15, 0.2) is 5.58 Å². The first-order valence-corrected chi connectivity index (χ1v) is 9.20. The zero-order chi connectivity index (χ0) is 17.5. The highest BCUT2D eigenvalue weighted by molar-refractivity contribution is 7.89. The van der Waals surface area contributed by atoms with E-state index in [1.165, 1.54) is 29.8 Å². The Hall–Kier alpha value is -2.13. The average molecular weight is 353 g/mol. The highest BCUT2D eigenvalue weighted by Gasteiger charge is 2.32. The second kappa shape index (κ2) is 6.06. The number of hydrogen-bond donors (Lipinski definition) is 1. The third kappa shape index (κ3) is 2.96. The average Bonchev–Trinajstić information content (AvgIpc) is 2.99. The second-order valence-electron chi connectivity index (χ2n) is 5.92. The zero-order valence-electron chi connectivity index (χ0n) is 13.5. The Balaban J connectivity index is 1.85. The topological polar surface area (TPSA) is 102 Å². The molecule has 9 heteroatoms. The van der Waals surface area contributed by atoms with E-state index in [2.05, 4.69) is 4.72 Å². The molecule has 1 fully saturated rings. The summed E-state index contributed by atoms with van der Waals surface area (Å²) in [6, 6.07) is 3.78. The Bertz CT molecular complexity index is 944. The number of rotatable bonds is 5. The monoisotopic (exact) mass is 353 g/mol. The van der Waals surface area contributed by atoms with Crippen molar-refractivity contribution in [1.82, 2.24) is 14.2 Å². The van der Waals surface area contributed by atoms with Crippen LogP contribution >= 0.6 is 0 Å². The number of likely N-dealkylation sites (tertiary alicyclic amines) is 1. The molecule has 0 bridgehead atoms. The number of sulfonamides is 1. The van der Waals surface area contributed by atoms with Gasteiger partial charge in [0.1, 0.15) is 0 Å². The van der Waals surface area contributed by atoms with E-state index in [1.54, 1.807) is 4.90 Å². The van der Waals surface area contributed by atoms with Crippen LogP contribution in [0.25, 0.3) is 11.1 Å². The van der Waals surface area contributed by atoms with E-state index >= 15 is 0 Å². The molecule has 8 nitrogen and oxygen atoms in total. The van der Waals surface area contributed by atoms with E-state index in [0.717, 1.165) is 6.42 Å². The fraction of sp³-hybridized carbons (Fsp3) is 0.467. The summed E-state index contributed by atoms with van der Waals surface area (Å²) in [6.07, 6.45) is 0.988. The van der Waals surface area contributed by atoms with E-state index in [1.807, 2.05) is 6.92 Å². The SMILES string of the molecule is CCCN1C[C@H](NS(=O)(=O)c2ccc3oc(=O)n(C)c3c2)CC1=O. The van der Waals surface area contributed by atoms with Crippen molar-refractivity contribution in [3.05, 3.63) is 28.7 Å². The molecule has 2 heterocycles. The maximum atomic E-state index is 12.6. The van der Waals surface area contributed by atoms with E-state index in [9.17, 15) is 18.0 Å². The van der Waals surface area contributed by atoms with Crippen LogP contribution in [-0.2, 0) is 21.9 Å². The third-order valence-corrected chi connectivity index (χ3v) is 5.62. The standard InChI is InChI=1S/C15H19N3O5S/c1-3-6-18-9-10(7-14(18)19)16-24(21,22)11-4-5-13-12(8-11)17(2)15(20)23-13/h4-5,8,10,16H,3,6-7,9H2,1-2H3/t10-/m1/s1. The van der Waals surface area contributed by atoms with Gasteiger partial charge in [-0.3, -0.25) is 9.36 Å². The summed E-state index contributed by atoms with van der Waals surface area (Å²) in [5.41, 5.74) is 0.726. The van der Waals surface area contributed by atoms with Gasteiger partial charge in [-0.2, -0.15) is 0 Å². The molecule has 1 atom stereocenters. The van der Waals surface area contributed by atoms with Crippen LogP contribution in [0.2, 0.25) is 0 Å². The van der Waals surface area contributed by atoms with Gasteiger partial charge in [0.2, 0.25) is 15.9 Å². The molecule has 1 amide bonds. The first-order valence-electron chi connectivity index (χ1n) is 7.71. The highest BCUT2D eigenvalue weighted by atomic mass is 32.2. The van der Waals surface area contributed by atoms with Gasteiger partial charge < -0.3 is 9.32 Å². The summed E-state index contributed by atoms with van der Waals surface area (Å²) in [4.78, 5) is 25.1. The van der Waals surface area contributed by atoms with E-state index in [0.29, 0.717) is 24.2 Å². The minimum Gasteiger partial charge on any atom is -0.408 e. The van der Waals surface area contributed by atoms with Crippen LogP contribution in [0.4, 0.5) is 0 Å². The molecule has 0 aliphatic carbocycles. The lowest BCUT2D eigenvalue weighted by molar-refractivity contribution is -0.127. The largest absolute Gasteiger partial charge is 0.419 e. The number of carbonyl (C=O) groups excluding carboxylic acids is 1. The fourth-order valence-electron chi connectivity index (χ4n) is 2.90. The molecule has 130 valence electrons. The molecule has 3 rings (SSSR count). The van der Waals surface area contributed by atoms with Crippen LogP contribution in [0, 0.1) is 0 Å². The number of benzene rings is 1. The lowest BCUT2D eigenvalue weighted by Gasteiger charge is -2.16. The molecule has 0 unspecified atom stereocenters. The number of oxazole rings is 1. The van der Waals surface area contributed by atoms with Crippen LogP contribution in [0.1, 0.15) is 19.8 Å². The number of aromatic nitrogens is 1. The number of fused-ring (bicyclic) bond motifs is 1. The molecule has 1 N–H and O–H groups in total. The van der Waals surface area contributed by atoms with Crippen molar-refractivity contribution in [3.8, 4) is 0 Å². The molecule has 1 saturated heterocycles. The summed E-state index contributed by atoms with van der Waals surface area (Å²) in [6.45, 7) is 2.97. The summed E-state index contributed by atoms with van der Waals surface area (Å²) < 4.78 is 33.9. The van der Waals surface area contributed by atoms with Crippen molar-refractivity contribution < 1.29 is 17.6 Å². The molecule has 1 aliphatic rings. The van der Waals surface area contributed by atoms with Gasteiger partial charge in [-0.05, 0) is 24.6 Å². The van der Waals surface area contributed by atoms with Crippen molar-refractivity contribution in [2.24, 2.45) is 7.05 Å². The van der Waals surface area contributed by atoms with Crippen molar-refractivity contribution >= 4 is 27.0 Å². The molecule has 1 aliphatic heterocycles. The minimum atomic E-state index is -3.79. The lowest BCUT2D eigenvalue weighted by Crippen LogP contribution is -2.37. The number of nitrogens with one attached hydrogen (secondary N) is 1. The normalized spacial score (nSPS) is 18.7. The highest BCUT2D eigenvalue weighted by Crippen LogP contribution is 2.20. The lowest BCUT2D eigenvalue weighted by atomic mass is 10.3. The zero-order valence-corrected chi connectivity index (χ0v) is 14.3. The summed E-state index contributed by atoms with van der Waals surface area (Å²) in [5.74, 6) is -0.596. The predicted octanol–water partition coefficient (Wildman–Crippen LogP) is 0.421. The summed E-state index contributed by atoms with van der Waals surface area (Å²) >= 11 is 0. The van der Waals surface area contributed by atoms with E-state index < -0.39 is 21.8 Å². The molecule has 1 aromatic heterocycles. The Morgan fingerprint density at radius 3 is 2.79 bits per heavy atom. The quantitative estimate of drug-likeness (QED) is 0.839. The summed E-state index contributed by atoms with van der Waals surface area (Å²) in [5, 5.41) is 0. The maximum absolute atomic E-state index is 12.6. The number of carbonyl (C=O) groups is 1. The van der Waals surface area contributed by atoms with Crippen LogP contribution in [0.3, 0.4) is 0 Å². The molecule has 2 aromatic rings. The van der Waals surface area contributed by atoms with Gasteiger partial charge >= 0.3 is 5.76 Å². The minimum absolute atomic E-state index is 0.0350. The molecular formula is C15H19N3O5S. The van der Waals surface area contributed by atoms with E-state index in [-0.39, 0.29) is 17.2 Å². The van der Waals surface area contributed by atoms with Crippen LogP contribution < -0.4 is 10.5 Å². The van der Waals surface area contributed by atoms with Crippen molar-refractivity contribution in [2.45, 2.75) is 30.7 Å². The van der Waals surface area contributed by atoms with Gasteiger partial charge in [0.25, 0.3) is 0 Å². The van der Waals surface area contributed by atoms with Gasteiger partial charge in [-0.15, -0.1) is 0 Å². The first-order chi connectivity index (χ1) is 11.3. The Morgan fingerprint density at radius 1 is 1.33 bits per heavy atom. The summed E-state index contributed by atoms with van der Waals surface area (Å²) in [7, 11) is -2.28. The smallest absolute Gasteiger partial charge is 0.408 e. The molecule has 1 aromatic carbocycles. The van der Waals surface area contributed by atoms with E-state index in [4.69, 9.17) is 4.42 Å². The van der Waals surface area contributed by atoms with Crippen LogP contribution in [0.5, 0.6) is 0 Å². The Labute approximate surface area is 139 Å². The van der Waals surface area contributed by atoms with Crippen molar-refractivity contribution in [3.63, 3.8) is 0 Å². The third-order valence-electron chi connectivity index (χ3n) is 4.10. The number of amides is 1. The predicted molar refractivity (Wildman–Crippen MR) is 87.1 cm³/mol. The molecular weight excluding hydrogens is 334 g/mol. The van der Waals surface area contributed by atoms with Crippen molar-refractivity contribution in [1.29, 1.82) is 0 Å². The van der Waals surface area contributed by atoms with Gasteiger partial charge in [0, 0.05) is 32.6 Å². The second-order valence-corrected chi connectivity index (χ2v) is 7.63.